The highest BCUT2D eigenvalue weighted by Crippen LogP contribution is 2.11. The Balaban J connectivity index is 1.88. The molecule has 1 heterocycles. The number of hydrogen-bond donors (Lipinski definition) is 1. The van der Waals surface area contributed by atoms with E-state index in [9.17, 15) is 9.59 Å². The lowest BCUT2D eigenvalue weighted by molar-refractivity contribution is -0.144. The SMILES string of the molecule is CCOC(=O)Cn1cc(NC(=O)Cc2ccc(Br)cc2)nn1. The first-order valence-electron chi connectivity index (χ1n) is 6.67. The molecule has 7 nitrogen and oxygen atoms in total. The number of ether oxygens (including phenoxy) is 1. The van der Waals surface area contributed by atoms with Crippen LogP contribution in [0.1, 0.15) is 12.5 Å². The van der Waals surface area contributed by atoms with Gasteiger partial charge in [-0.1, -0.05) is 33.3 Å². The van der Waals surface area contributed by atoms with Crippen LogP contribution in [0.15, 0.2) is 34.9 Å². The molecular formula is C14H15BrN4O3. The van der Waals surface area contributed by atoms with Crippen molar-refractivity contribution in [2.75, 3.05) is 11.9 Å². The summed E-state index contributed by atoms with van der Waals surface area (Å²) in [6, 6.07) is 7.47. The summed E-state index contributed by atoms with van der Waals surface area (Å²) in [4.78, 5) is 23.2. The Morgan fingerprint density at radius 3 is 2.73 bits per heavy atom. The summed E-state index contributed by atoms with van der Waals surface area (Å²) in [5.74, 6) is -0.308. The number of carbonyl (C=O) groups excluding carboxylic acids is 2. The number of nitrogens with one attached hydrogen (secondary N) is 1. The van der Waals surface area contributed by atoms with E-state index in [1.54, 1.807) is 6.92 Å². The van der Waals surface area contributed by atoms with Crippen LogP contribution in [0.2, 0.25) is 0 Å². The minimum absolute atomic E-state index is 0.0383. The second-order valence-corrected chi connectivity index (χ2v) is 5.37. The van der Waals surface area contributed by atoms with Gasteiger partial charge >= 0.3 is 5.97 Å². The minimum Gasteiger partial charge on any atom is -0.465 e. The number of anilines is 1. The molecule has 0 saturated carbocycles. The van der Waals surface area contributed by atoms with Crippen LogP contribution in [0, 0.1) is 0 Å². The van der Waals surface area contributed by atoms with Crippen molar-refractivity contribution in [3.8, 4) is 0 Å². The van der Waals surface area contributed by atoms with Gasteiger partial charge in [0.2, 0.25) is 5.91 Å². The van der Waals surface area contributed by atoms with E-state index in [1.807, 2.05) is 24.3 Å². The monoisotopic (exact) mass is 366 g/mol. The van der Waals surface area contributed by atoms with Crippen LogP contribution < -0.4 is 5.32 Å². The quantitative estimate of drug-likeness (QED) is 0.787. The molecule has 0 aliphatic rings. The smallest absolute Gasteiger partial charge is 0.327 e. The predicted octanol–water partition coefficient (Wildman–Crippen LogP) is 1.78. The van der Waals surface area contributed by atoms with E-state index in [2.05, 4.69) is 31.6 Å². The molecule has 0 spiro atoms. The van der Waals surface area contributed by atoms with Crippen LogP contribution in [-0.2, 0) is 27.3 Å². The first-order valence-corrected chi connectivity index (χ1v) is 7.46. The van der Waals surface area contributed by atoms with Gasteiger partial charge < -0.3 is 10.1 Å². The van der Waals surface area contributed by atoms with Gasteiger partial charge in [0.05, 0.1) is 19.2 Å². The molecule has 0 aliphatic carbocycles. The van der Waals surface area contributed by atoms with Crippen molar-refractivity contribution < 1.29 is 14.3 Å². The maximum absolute atomic E-state index is 11.9. The summed E-state index contributed by atoms with van der Waals surface area (Å²) in [5, 5.41) is 10.2. The first-order chi connectivity index (χ1) is 10.6. The molecule has 0 bridgehead atoms. The van der Waals surface area contributed by atoms with Gasteiger partial charge in [-0.05, 0) is 24.6 Å². The van der Waals surface area contributed by atoms with E-state index in [4.69, 9.17) is 4.74 Å². The number of aromatic nitrogens is 3. The Kier molecular flexibility index (Phi) is 5.65. The number of esters is 1. The molecule has 0 aliphatic heterocycles. The van der Waals surface area contributed by atoms with E-state index in [-0.39, 0.29) is 18.9 Å². The molecule has 1 aromatic carbocycles. The van der Waals surface area contributed by atoms with Gasteiger partial charge in [0, 0.05) is 4.47 Å². The largest absolute Gasteiger partial charge is 0.465 e. The molecule has 0 radical (unpaired) electrons. The summed E-state index contributed by atoms with van der Waals surface area (Å²) >= 11 is 3.34. The average Bonchev–Trinajstić information content (AvgIpc) is 2.88. The number of hydrogen-bond acceptors (Lipinski definition) is 5. The van der Waals surface area contributed by atoms with Crippen molar-refractivity contribution in [3.63, 3.8) is 0 Å². The minimum atomic E-state index is -0.403. The zero-order valence-corrected chi connectivity index (χ0v) is 13.5. The molecule has 1 amide bonds. The fourth-order valence-corrected chi connectivity index (χ4v) is 2.01. The van der Waals surface area contributed by atoms with Crippen molar-refractivity contribution in [2.45, 2.75) is 19.9 Å². The number of benzene rings is 1. The fraction of sp³-hybridized carbons (Fsp3) is 0.286. The van der Waals surface area contributed by atoms with Gasteiger partial charge in [0.25, 0.3) is 0 Å². The second-order valence-electron chi connectivity index (χ2n) is 4.46. The molecule has 1 aromatic heterocycles. The van der Waals surface area contributed by atoms with E-state index in [0.717, 1.165) is 10.0 Å². The van der Waals surface area contributed by atoms with Gasteiger partial charge in [0.15, 0.2) is 5.82 Å². The van der Waals surface area contributed by atoms with Crippen LogP contribution in [-0.4, -0.2) is 33.5 Å². The lowest BCUT2D eigenvalue weighted by atomic mass is 10.1. The average molecular weight is 367 g/mol. The molecule has 116 valence electrons. The molecule has 1 N–H and O–H groups in total. The second kappa shape index (κ2) is 7.69. The molecule has 0 unspecified atom stereocenters. The van der Waals surface area contributed by atoms with E-state index >= 15 is 0 Å². The van der Waals surface area contributed by atoms with Gasteiger partial charge in [-0.25, -0.2) is 4.68 Å². The van der Waals surface area contributed by atoms with Gasteiger partial charge in [-0.3, -0.25) is 9.59 Å². The molecular weight excluding hydrogens is 352 g/mol. The third kappa shape index (κ3) is 4.96. The lowest BCUT2D eigenvalue weighted by Crippen LogP contribution is -2.15. The summed E-state index contributed by atoms with van der Waals surface area (Å²) in [6.07, 6.45) is 1.72. The fourth-order valence-electron chi connectivity index (χ4n) is 1.75. The number of amides is 1. The summed E-state index contributed by atoms with van der Waals surface area (Å²) in [6.45, 7) is 2.00. The Morgan fingerprint density at radius 2 is 2.05 bits per heavy atom. The van der Waals surface area contributed by atoms with Gasteiger partial charge in [0.1, 0.15) is 6.54 Å². The van der Waals surface area contributed by atoms with Gasteiger partial charge in [-0.2, -0.15) is 0 Å². The maximum atomic E-state index is 11.9. The number of rotatable bonds is 6. The van der Waals surface area contributed by atoms with Crippen LogP contribution in [0.4, 0.5) is 5.82 Å². The Bertz CT molecular complexity index is 654. The van der Waals surface area contributed by atoms with Crippen molar-refractivity contribution in [3.05, 3.63) is 40.5 Å². The topological polar surface area (TPSA) is 86.1 Å². The molecule has 0 fully saturated rings. The number of halogens is 1. The molecule has 0 saturated heterocycles. The highest BCUT2D eigenvalue weighted by molar-refractivity contribution is 9.10. The Hall–Kier alpha value is -2.22. The standard InChI is InChI=1S/C14H15BrN4O3/c1-2-22-14(21)9-19-8-12(17-18-19)16-13(20)7-10-3-5-11(15)6-4-10/h3-6,8H,2,7,9H2,1H3,(H,16,20). The van der Waals surface area contributed by atoms with Crippen molar-refractivity contribution in [2.24, 2.45) is 0 Å². The van der Waals surface area contributed by atoms with Gasteiger partial charge in [-0.15, -0.1) is 5.10 Å². The van der Waals surface area contributed by atoms with Crippen LogP contribution in [0.25, 0.3) is 0 Å². The van der Waals surface area contributed by atoms with E-state index in [0.29, 0.717) is 12.4 Å². The molecule has 22 heavy (non-hydrogen) atoms. The first kappa shape index (κ1) is 16.2. The molecule has 2 aromatic rings. The molecule has 2 rings (SSSR count). The zero-order chi connectivity index (χ0) is 15.9. The van der Waals surface area contributed by atoms with E-state index in [1.165, 1.54) is 10.9 Å². The highest BCUT2D eigenvalue weighted by atomic mass is 79.9. The van der Waals surface area contributed by atoms with Crippen LogP contribution >= 0.6 is 15.9 Å². The third-order valence-electron chi connectivity index (χ3n) is 2.68. The van der Waals surface area contributed by atoms with E-state index < -0.39 is 5.97 Å². The summed E-state index contributed by atoms with van der Waals surface area (Å²) in [5.41, 5.74) is 0.889. The van der Waals surface area contributed by atoms with Crippen LogP contribution in [0.5, 0.6) is 0 Å². The Morgan fingerprint density at radius 1 is 1.32 bits per heavy atom. The highest BCUT2D eigenvalue weighted by Gasteiger charge is 2.09. The normalized spacial score (nSPS) is 10.3. The molecule has 8 heteroatoms. The van der Waals surface area contributed by atoms with Crippen molar-refractivity contribution >= 4 is 33.6 Å². The van der Waals surface area contributed by atoms with Crippen molar-refractivity contribution in [1.82, 2.24) is 15.0 Å². The summed E-state index contributed by atoms with van der Waals surface area (Å²) in [7, 11) is 0. The van der Waals surface area contributed by atoms with Crippen LogP contribution in [0.3, 0.4) is 0 Å². The summed E-state index contributed by atoms with van der Waals surface area (Å²) < 4.78 is 7.08. The Labute approximate surface area is 135 Å². The molecule has 0 atom stereocenters. The zero-order valence-electron chi connectivity index (χ0n) is 12.0. The third-order valence-corrected chi connectivity index (χ3v) is 3.21. The number of nitrogens with zero attached hydrogens (tertiary/aromatic N) is 3. The maximum Gasteiger partial charge on any atom is 0.327 e. The predicted molar refractivity (Wildman–Crippen MR) is 83.1 cm³/mol. The van der Waals surface area contributed by atoms with Crippen molar-refractivity contribution in [1.29, 1.82) is 0 Å². The number of carbonyl (C=O) groups is 2. The lowest BCUT2D eigenvalue weighted by Gasteiger charge is -2.02.